The van der Waals surface area contributed by atoms with Crippen LogP contribution in [0.25, 0.3) is 0 Å². The Morgan fingerprint density at radius 2 is 2.45 bits per heavy atom. The van der Waals surface area contributed by atoms with Gasteiger partial charge in [-0.3, -0.25) is 0 Å². The molecule has 0 saturated carbocycles. The topological polar surface area (TPSA) is 40.7 Å². The Morgan fingerprint density at radius 1 is 1.55 bits per heavy atom. The van der Waals surface area contributed by atoms with Crippen molar-refractivity contribution in [3.8, 4) is 0 Å². The van der Waals surface area contributed by atoms with E-state index in [0.29, 0.717) is 0 Å². The van der Waals surface area contributed by atoms with Crippen molar-refractivity contribution in [2.24, 2.45) is 0 Å². The molecule has 3 heteroatoms. The quantitative estimate of drug-likeness (QED) is 0.635. The molecule has 0 amide bonds. The predicted octanol–water partition coefficient (Wildman–Crippen LogP) is 2.01. The molecule has 3 nitrogen and oxygen atoms in total. The monoisotopic (exact) mass is 153 g/mol. The fraction of sp³-hybridized carbons (Fsp3) is 0.625. The highest BCUT2D eigenvalue weighted by atomic mass is 15.0. The molecule has 0 saturated heterocycles. The highest BCUT2D eigenvalue weighted by Gasteiger charge is 1.89. The van der Waals surface area contributed by atoms with Crippen LogP contribution in [0.3, 0.4) is 0 Å². The number of hydrogen-bond acceptors (Lipinski definition) is 2. The van der Waals surface area contributed by atoms with E-state index in [2.05, 4.69) is 22.2 Å². The van der Waals surface area contributed by atoms with Crippen molar-refractivity contribution in [2.75, 3.05) is 11.9 Å². The van der Waals surface area contributed by atoms with E-state index in [9.17, 15) is 0 Å². The average Bonchev–Trinajstić information content (AvgIpc) is 2.50. The number of aromatic nitrogens is 2. The summed E-state index contributed by atoms with van der Waals surface area (Å²) in [5.41, 5.74) is 0. The highest BCUT2D eigenvalue weighted by Crippen LogP contribution is 1.99. The molecule has 1 heterocycles. The lowest BCUT2D eigenvalue weighted by Crippen LogP contribution is -2.00. The van der Waals surface area contributed by atoms with Gasteiger partial charge in [0, 0.05) is 6.54 Å². The van der Waals surface area contributed by atoms with Crippen molar-refractivity contribution >= 4 is 5.82 Å². The van der Waals surface area contributed by atoms with Gasteiger partial charge in [-0.2, -0.15) is 0 Å². The molecule has 62 valence electrons. The van der Waals surface area contributed by atoms with Crippen LogP contribution in [0.4, 0.5) is 5.82 Å². The number of anilines is 1. The Kier molecular flexibility index (Phi) is 3.52. The van der Waals surface area contributed by atoms with Gasteiger partial charge < -0.3 is 10.3 Å². The fourth-order valence-corrected chi connectivity index (χ4v) is 0.951. The highest BCUT2D eigenvalue weighted by molar-refractivity contribution is 5.29. The SMILES string of the molecule is CCCCCNc1cnc[nH]1. The second-order valence-corrected chi connectivity index (χ2v) is 2.60. The standard InChI is InChI=1S/C8H15N3/c1-2-3-4-5-10-8-6-9-7-11-8/h6-7,10H,2-5H2,1H3,(H,9,11). The van der Waals surface area contributed by atoms with Crippen LogP contribution in [-0.4, -0.2) is 16.5 Å². The van der Waals surface area contributed by atoms with Crippen LogP contribution in [0.5, 0.6) is 0 Å². The van der Waals surface area contributed by atoms with Crippen molar-refractivity contribution in [3.05, 3.63) is 12.5 Å². The van der Waals surface area contributed by atoms with Crippen LogP contribution in [0.15, 0.2) is 12.5 Å². The summed E-state index contributed by atoms with van der Waals surface area (Å²) in [6, 6.07) is 0. The number of aromatic amines is 1. The third-order valence-electron chi connectivity index (χ3n) is 1.59. The molecule has 1 aromatic heterocycles. The van der Waals surface area contributed by atoms with Gasteiger partial charge >= 0.3 is 0 Å². The Balaban J connectivity index is 2.04. The zero-order valence-electron chi connectivity index (χ0n) is 6.93. The summed E-state index contributed by atoms with van der Waals surface area (Å²) in [4.78, 5) is 6.89. The van der Waals surface area contributed by atoms with E-state index in [1.54, 1.807) is 12.5 Å². The molecular weight excluding hydrogens is 138 g/mol. The van der Waals surface area contributed by atoms with E-state index in [1.165, 1.54) is 19.3 Å². The van der Waals surface area contributed by atoms with Crippen molar-refractivity contribution in [2.45, 2.75) is 26.2 Å². The largest absolute Gasteiger partial charge is 0.370 e. The van der Waals surface area contributed by atoms with Crippen LogP contribution in [-0.2, 0) is 0 Å². The first-order valence-electron chi connectivity index (χ1n) is 4.15. The number of nitrogens with zero attached hydrogens (tertiary/aromatic N) is 1. The summed E-state index contributed by atoms with van der Waals surface area (Å²) in [7, 11) is 0. The molecule has 0 aromatic carbocycles. The smallest absolute Gasteiger partial charge is 0.123 e. The summed E-state index contributed by atoms with van der Waals surface area (Å²) in [6.45, 7) is 3.24. The maximum Gasteiger partial charge on any atom is 0.123 e. The molecule has 1 rings (SSSR count). The molecule has 0 aliphatic carbocycles. The van der Waals surface area contributed by atoms with E-state index in [-0.39, 0.29) is 0 Å². The van der Waals surface area contributed by atoms with Crippen molar-refractivity contribution < 1.29 is 0 Å². The van der Waals surface area contributed by atoms with Gasteiger partial charge in [0.15, 0.2) is 0 Å². The number of H-pyrrole nitrogens is 1. The normalized spacial score (nSPS) is 9.91. The fourth-order valence-electron chi connectivity index (χ4n) is 0.951. The first-order valence-corrected chi connectivity index (χ1v) is 4.15. The number of hydrogen-bond donors (Lipinski definition) is 2. The first kappa shape index (κ1) is 8.11. The van der Waals surface area contributed by atoms with Crippen LogP contribution in [0.2, 0.25) is 0 Å². The van der Waals surface area contributed by atoms with Crippen LogP contribution >= 0.6 is 0 Å². The van der Waals surface area contributed by atoms with Crippen molar-refractivity contribution in [3.63, 3.8) is 0 Å². The number of unbranched alkanes of at least 4 members (excludes halogenated alkanes) is 2. The minimum atomic E-state index is 1.01. The molecule has 11 heavy (non-hydrogen) atoms. The Labute approximate surface area is 67.2 Å². The number of imidazole rings is 1. The Hall–Kier alpha value is -0.990. The van der Waals surface area contributed by atoms with Crippen molar-refractivity contribution in [1.29, 1.82) is 0 Å². The van der Waals surface area contributed by atoms with Crippen molar-refractivity contribution in [1.82, 2.24) is 9.97 Å². The van der Waals surface area contributed by atoms with Crippen LogP contribution in [0.1, 0.15) is 26.2 Å². The second-order valence-electron chi connectivity index (χ2n) is 2.60. The minimum absolute atomic E-state index is 1.01. The van der Waals surface area contributed by atoms with E-state index in [1.807, 2.05) is 0 Å². The lowest BCUT2D eigenvalue weighted by molar-refractivity contribution is 0.742. The lowest BCUT2D eigenvalue weighted by Gasteiger charge is -2.00. The summed E-state index contributed by atoms with van der Waals surface area (Å²) < 4.78 is 0. The molecule has 2 N–H and O–H groups in total. The van der Waals surface area contributed by atoms with Crippen LogP contribution in [0, 0.1) is 0 Å². The summed E-state index contributed by atoms with van der Waals surface area (Å²) >= 11 is 0. The van der Waals surface area contributed by atoms with Gasteiger partial charge in [-0.15, -0.1) is 0 Å². The van der Waals surface area contributed by atoms with Crippen LogP contribution < -0.4 is 5.32 Å². The molecule has 1 aromatic rings. The molecule has 0 bridgehead atoms. The molecule has 0 aliphatic heterocycles. The average molecular weight is 153 g/mol. The van der Waals surface area contributed by atoms with Gasteiger partial charge in [0.05, 0.1) is 12.5 Å². The second kappa shape index (κ2) is 4.77. The first-order chi connectivity index (χ1) is 5.43. The van der Waals surface area contributed by atoms with E-state index < -0.39 is 0 Å². The van der Waals surface area contributed by atoms with Gasteiger partial charge in [-0.1, -0.05) is 19.8 Å². The number of nitrogens with one attached hydrogen (secondary N) is 2. The third kappa shape index (κ3) is 3.07. The lowest BCUT2D eigenvalue weighted by atomic mass is 10.2. The zero-order valence-corrected chi connectivity index (χ0v) is 6.93. The summed E-state index contributed by atoms with van der Waals surface area (Å²) in [6.07, 6.45) is 7.27. The van der Waals surface area contributed by atoms with Gasteiger partial charge in [0.25, 0.3) is 0 Å². The maximum atomic E-state index is 3.90. The van der Waals surface area contributed by atoms with E-state index in [4.69, 9.17) is 0 Å². The third-order valence-corrected chi connectivity index (χ3v) is 1.59. The minimum Gasteiger partial charge on any atom is -0.370 e. The summed E-state index contributed by atoms with van der Waals surface area (Å²) in [5, 5.41) is 3.24. The summed E-state index contributed by atoms with van der Waals surface area (Å²) in [5.74, 6) is 1.01. The zero-order chi connectivity index (χ0) is 7.94. The molecule has 0 radical (unpaired) electrons. The molecule has 0 fully saturated rings. The Morgan fingerprint density at radius 3 is 3.09 bits per heavy atom. The molecule has 0 atom stereocenters. The van der Waals surface area contributed by atoms with Gasteiger partial charge in [-0.05, 0) is 6.42 Å². The van der Waals surface area contributed by atoms with Gasteiger partial charge in [0.2, 0.25) is 0 Å². The predicted molar refractivity (Wildman–Crippen MR) is 46.6 cm³/mol. The Bertz CT molecular complexity index is 169. The van der Waals surface area contributed by atoms with Gasteiger partial charge in [0.1, 0.15) is 5.82 Å². The number of rotatable bonds is 5. The molecule has 0 spiro atoms. The van der Waals surface area contributed by atoms with Gasteiger partial charge in [-0.25, -0.2) is 4.98 Å². The molecule has 0 unspecified atom stereocenters. The maximum absolute atomic E-state index is 3.90. The van der Waals surface area contributed by atoms with E-state index >= 15 is 0 Å². The molecule has 0 aliphatic rings. The molecular formula is C8H15N3. The van der Waals surface area contributed by atoms with E-state index in [0.717, 1.165) is 12.4 Å².